The second-order valence-corrected chi connectivity index (χ2v) is 12.5. The van der Waals surface area contributed by atoms with Crippen LogP contribution in [0.3, 0.4) is 0 Å². The number of benzene rings is 2. The number of carbonyl (C=O) groups is 4. The number of hydrogen-bond donors (Lipinski definition) is 5. The van der Waals surface area contributed by atoms with Crippen molar-refractivity contribution in [3.8, 4) is 11.5 Å². The fraction of sp³-hybridized carbons (Fsp3) is 0.353. The minimum Gasteiger partial charge on any atom is -0.510 e. The van der Waals surface area contributed by atoms with Gasteiger partial charge in [0.15, 0.2) is 11.4 Å². The number of fused-ring (bicyclic) bond motifs is 3. The predicted octanol–water partition coefficient (Wildman–Crippen LogP) is 2.37. The Morgan fingerprint density at radius 2 is 1.77 bits per heavy atom. The first kappa shape index (κ1) is 33.2. The number of rotatable bonds is 8. The van der Waals surface area contributed by atoms with Crippen molar-refractivity contribution in [2.24, 2.45) is 17.6 Å². The summed E-state index contributed by atoms with van der Waals surface area (Å²) in [6, 6.07) is 9.00. The van der Waals surface area contributed by atoms with E-state index < -0.39 is 69.9 Å². The van der Waals surface area contributed by atoms with Crippen molar-refractivity contribution in [1.29, 1.82) is 0 Å². The molecule has 248 valence electrons. The zero-order chi connectivity index (χ0) is 34.5. The predicted molar refractivity (Wildman–Crippen MR) is 171 cm³/mol. The molecule has 2 aromatic rings. The topological polar surface area (TPSA) is 194 Å². The number of aromatic hydroxyl groups is 1. The van der Waals surface area contributed by atoms with Gasteiger partial charge in [-0.15, -0.1) is 6.58 Å². The maximum atomic E-state index is 14.3. The Bertz CT molecular complexity index is 1750. The van der Waals surface area contributed by atoms with Crippen molar-refractivity contribution >= 4 is 29.3 Å². The van der Waals surface area contributed by atoms with Crippen LogP contribution in [0.1, 0.15) is 27.9 Å². The van der Waals surface area contributed by atoms with E-state index in [1.807, 2.05) is 0 Å². The number of Topliss-reactive ketones (excluding diaryl/α,β-unsaturated/α-hetero) is 2. The molecule has 0 fully saturated rings. The van der Waals surface area contributed by atoms with Crippen molar-refractivity contribution < 1.29 is 44.3 Å². The van der Waals surface area contributed by atoms with Gasteiger partial charge in [-0.3, -0.25) is 24.2 Å². The quantitative estimate of drug-likeness (QED) is 0.209. The molecule has 0 heterocycles. The highest BCUT2D eigenvalue weighted by molar-refractivity contribution is 6.25. The molecule has 3 aliphatic carbocycles. The summed E-state index contributed by atoms with van der Waals surface area (Å²) in [6.07, 6.45) is 0.864. The summed E-state index contributed by atoms with van der Waals surface area (Å²) >= 11 is 0. The molecule has 0 saturated heterocycles. The van der Waals surface area contributed by atoms with Crippen molar-refractivity contribution in [2.45, 2.75) is 31.0 Å². The van der Waals surface area contributed by atoms with Crippen LogP contribution in [0.5, 0.6) is 11.5 Å². The Labute approximate surface area is 271 Å². The van der Waals surface area contributed by atoms with E-state index in [0.29, 0.717) is 17.0 Å². The van der Waals surface area contributed by atoms with E-state index in [1.54, 1.807) is 69.5 Å². The number of allylic oxidation sites excluding steroid dienone is 1. The first-order valence-electron chi connectivity index (χ1n) is 15.0. The molecule has 0 saturated carbocycles. The summed E-state index contributed by atoms with van der Waals surface area (Å²) in [5, 5.41) is 46.1. The van der Waals surface area contributed by atoms with E-state index in [-0.39, 0.29) is 42.6 Å². The third-order valence-corrected chi connectivity index (χ3v) is 9.18. The minimum absolute atomic E-state index is 0.0282. The lowest BCUT2D eigenvalue weighted by Crippen LogP contribution is -2.63. The normalized spacial score (nSPS) is 23.6. The molecular formula is C34H38N4O9. The summed E-state index contributed by atoms with van der Waals surface area (Å²) in [4.78, 5) is 57.8. The smallest absolute Gasteiger partial charge is 0.415 e. The number of phenolic OH excluding ortho intramolecular Hbond substituents is 1. The van der Waals surface area contributed by atoms with Crippen LogP contribution in [0.2, 0.25) is 0 Å². The maximum absolute atomic E-state index is 14.3. The van der Waals surface area contributed by atoms with E-state index in [1.165, 1.54) is 15.9 Å². The van der Waals surface area contributed by atoms with Crippen LogP contribution in [0.15, 0.2) is 71.7 Å². The number of nitrogens with zero attached hydrogens (tertiary/aromatic N) is 3. The number of likely N-dealkylation sites (N-methyl/N-ethyl adjacent to an activating group) is 1. The van der Waals surface area contributed by atoms with Crippen LogP contribution in [-0.2, 0) is 22.6 Å². The molecule has 0 radical (unpaired) electrons. The SMILES string of the molecule is C=CCN(Cc1cc(N(C)C)c2c(c1O)C(=O)C1=C(O)[C@]3(O)C(=O)C(C(N)=O)=C(O)[C@@H](N(C)C)[C@@H]3C[C@@H]1C2)C(=O)Oc1ccccc1. The molecule has 6 N–H and O–H groups in total. The van der Waals surface area contributed by atoms with Gasteiger partial charge < -0.3 is 35.8 Å². The van der Waals surface area contributed by atoms with Gasteiger partial charge in [-0.05, 0) is 56.6 Å². The second kappa shape index (κ2) is 12.2. The van der Waals surface area contributed by atoms with Gasteiger partial charge in [0.05, 0.1) is 18.2 Å². The van der Waals surface area contributed by atoms with Gasteiger partial charge in [-0.25, -0.2) is 4.79 Å². The number of primary amides is 1. The van der Waals surface area contributed by atoms with Crippen LogP contribution in [0, 0.1) is 11.8 Å². The molecule has 13 heteroatoms. The molecular weight excluding hydrogens is 608 g/mol. The average Bonchev–Trinajstić information content (AvgIpc) is 2.99. The van der Waals surface area contributed by atoms with Crippen molar-refractivity contribution in [3.05, 3.63) is 88.4 Å². The first-order chi connectivity index (χ1) is 22.1. The van der Waals surface area contributed by atoms with Gasteiger partial charge >= 0.3 is 6.09 Å². The zero-order valence-electron chi connectivity index (χ0n) is 26.6. The van der Waals surface area contributed by atoms with Gasteiger partial charge in [0.1, 0.15) is 28.6 Å². The third-order valence-electron chi connectivity index (χ3n) is 9.18. The largest absolute Gasteiger partial charge is 0.510 e. The number of carbonyl (C=O) groups excluding carboxylic acids is 4. The standard InChI is InChI=1S/C34H38N4O9/c1-6-12-38(33(45)47-19-10-8-7-9-11-19)16-18-15-22(36(2)3)20-13-17-14-21-26(37(4)5)29(41)25(32(35)44)31(43)34(21,46)30(42)23(17)28(40)24(20)27(18)39/h6-11,15,17,21,26,39,41-42,46H,1,12-14,16H2,2-5H3,(H2,35,44)/t17-,21-,26-,34-/m0/s1. The molecule has 0 spiro atoms. The van der Waals surface area contributed by atoms with Gasteiger partial charge in [0.25, 0.3) is 5.91 Å². The molecule has 2 aromatic carbocycles. The number of para-hydroxylation sites is 1. The zero-order valence-corrected chi connectivity index (χ0v) is 26.6. The number of nitrogens with two attached hydrogens (primary N) is 1. The molecule has 3 aliphatic rings. The van der Waals surface area contributed by atoms with Crippen LogP contribution in [0.4, 0.5) is 10.5 Å². The molecule has 2 amide bonds. The van der Waals surface area contributed by atoms with Crippen molar-refractivity contribution in [1.82, 2.24) is 9.80 Å². The molecule has 5 rings (SSSR count). The van der Waals surface area contributed by atoms with Crippen molar-refractivity contribution in [2.75, 3.05) is 39.6 Å². The van der Waals surface area contributed by atoms with E-state index in [2.05, 4.69) is 6.58 Å². The van der Waals surface area contributed by atoms with Gasteiger partial charge in [0.2, 0.25) is 5.78 Å². The first-order valence-corrected chi connectivity index (χ1v) is 15.0. The van der Waals surface area contributed by atoms with Crippen molar-refractivity contribution in [3.63, 3.8) is 0 Å². The third kappa shape index (κ3) is 5.30. The van der Waals surface area contributed by atoms with E-state index in [4.69, 9.17) is 10.5 Å². The summed E-state index contributed by atoms with van der Waals surface area (Å²) in [5.74, 6) is -6.99. The fourth-order valence-corrected chi connectivity index (χ4v) is 7.09. The maximum Gasteiger partial charge on any atom is 0.415 e. The molecule has 0 aromatic heterocycles. The molecule has 0 aliphatic heterocycles. The second-order valence-electron chi connectivity index (χ2n) is 12.5. The summed E-state index contributed by atoms with van der Waals surface area (Å²) in [7, 11) is 6.65. The monoisotopic (exact) mass is 646 g/mol. The Morgan fingerprint density at radius 3 is 2.34 bits per heavy atom. The van der Waals surface area contributed by atoms with E-state index >= 15 is 0 Å². The lowest BCUT2D eigenvalue weighted by atomic mass is 9.58. The minimum atomic E-state index is -2.75. The summed E-state index contributed by atoms with van der Waals surface area (Å²) in [5.41, 5.74) is 2.61. The number of phenols is 1. The Morgan fingerprint density at radius 1 is 1.11 bits per heavy atom. The molecule has 13 nitrogen and oxygen atoms in total. The van der Waals surface area contributed by atoms with Gasteiger partial charge in [-0.2, -0.15) is 0 Å². The summed E-state index contributed by atoms with van der Waals surface area (Å²) in [6.45, 7) is 3.58. The van der Waals surface area contributed by atoms with Crippen LogP contribution in [-0.4, -0.2) is 100 Å². The Hall–Kier alpha value is -5.14. The summed E-state index contributed by atoms with van der Waals surface area (Å²) < 4.78 is 5.49. The number of hydrogen-bond acceptors (Lipinski definition) is 11. The van der Waals surface area contributed by atoms with Gasteiger partial charge in [0, 0.05) is 43.4 Å². The molecule has 0 unspecified atom stereocenters. The number of ether oxygens (including phenoxy) is 1. The number of ketones is 2. The lowest BCUT2D eigenvalue weighted by molar-refractivity contribution is -0.148. The van der Waals surface area contributed by atoms with Gasteiger partial charge in [-0.1, -0.05) is 24.3 Å². The highest BCUT2D eigenvalue weighted by Gasteiger charge is 2.63. The van der Waals surface area contributed by atoms with Crippen LogP contribution in [0.25, 0.3) is 0 Å². The molecule has 0 bridgehead atoms. The average molecular weight is 647 g/mol. The van der Waals surface area contributed by atoms with E-state index in [9.17, 15) is 39.6 Å². The highest BCUT2D eigenvalue weighted by Crippen LogP contribution is 2.53. The Kier molecular flexibility index (Phi) is 8.65. The Balaban J connectivity index is 1.62. The molecule has 47 heavy (non-hydrogen) atoms. The lowest BCUT2D eigenvalue weighted by Gasteiger charge is -2.50. The molecule has 4 atom stereocenters. The number of amides is 2. The number of aliphatic hydroxyl groups is 3. The van der Waals surface area contributed by atoms with Crippen LogP contribution >= 0.6 is 0 Å². The number of aliphatic hydroxyl groups excluding tert-OH is 2. The fourth-order valence-electron chi connectivity index (χ4n) is 7.09. The number of anilines is 1. The van der Waals surface area contributed by atoms with E-state index in [0.717, 1.165) is 0 Å². The highest BCUT2D eigenvalue weighted by atomic mass is 16.6. The van der Waals surface area contributed by atoms with Crippen LogP contribution < -0.4 is 15.4 Å².